The molecule has 0 aromatic heterocycles. The number of aliphatic hydroxyl groups excluding tert-OH is 1. The molecule has 1 aromatic rings. The van der Waals surface area contributed by atoms with Crippen molar-refractivity contribution in [2.75, 3.05) is 20.3 Å². The summed E-state index contributed by atoms with van der Waals surface area (Å²) in [7, 11) is 1.32. The van der Waals surface area contributed by atoms with Crippen molar-refractivity contribution < 1.29 is 19.4 Å². The molecule has 1 rings (SSSR count). The molecule has 0 aliphatic heterocycles. The van der Waals surface area contributed by atoms with Crippen LogP contribution < -0.4 is 0 Å². The van der Waals surface area contributed by atoms with Crippen LogP contribution in [0, 0.1) is 13.8 Å². The van der Waals surface area contributed by atoms with Gasteiger partial charge in [-0.2, -0.15) is 0 Å². The molecule has 0 heterocycles. The zero-order chi connectivity index (χ0) is 16.7. The SMILES string of the molecule is CCC(CO)N(CCC(=O)OC)C(=O)c1ccc(C)c(C)c1. The molecule has 1 atom stereocenters. The number of rotatable bonds is 7. The van der Waals surface area contributed by atoms with Crippen LogP contribution in [0.2, 0.25) is 0 Å². The van der Waals surface area contributed by atoms with Gasteiger partial charge in [0.15, 0.2) is 0 Å². The minimum Gasteiger partial charge on any atom is -0.469 e. The molecule has 22 heavy (non-hydrogen) atoms. The van der Waals surface area contributed by atoms with Crippen LogP contribution in [-0.4, -0.2) is 48.2 Å². The lowest BCUT2D eigenvalue weighted by Gasteiger charge is -2.30. The number of aryl methyl sites for hydroxylation is 2. The van der Waals surface area contributed by atoms with Gasteiger partial charge >= 0.3 is 5.97 Å². The van der Waals surface area contributed by atoms with E-state index in [0.717, 1.165) is 11.1 Å². The van der Waals surface area contributed by atoms with E-state index in [1.807, 2.05) is 32.9 Å². The van der Waals surface area contributed by atoms with Gasteiger partial charge in [-0.25, -0.2) is 0 Å². The lowest BCUT2D eigenvalue weighted by Crippen LogP contribution is -2.43. The second-order valence-corrected chi connectivity index (χ2v) is 5.37. The number of aliphatic hydroxyl groups is 1. The molecule has 1 amide bonds. The van der Waals surface area contributed by atoms with E-state index >= 15 is 0 Å². The Bertz CT molecular complexity index is 523. The molecule has 0 aliphatic carbocycles. The summed E-state index contributed by atoms with van der Waals surface area (Å²) in [6.45, 7) is 5.95. The van der Waals surface area contributed by atoms with Gasteiger partial charge in [0, 0.05) is 12.1 Å². The molecule has 0 radical (unpaired) electrons. The predicted molar refractivity (Wildman–Crippen MR) is 84.8 cm³/mol. The van der Waals surface area contributed by atoms with Crippen molar-refractivity contribution in [3.63, 3.8) is 0 Å². The summed E-state index contributed by atoms with van der Waals surface area (Å²) < 4.78 is 4.63. The molecule has 1 aromatic carbocycles. The van der Waals surface area contributed by atoms with Crippen LogP contribution in [0.4, 0.5) is 0 Å². The van der Waals surface area contributed by atoms with Crippen LogP contribution in [0.1, 0.15) is 41.3 Å². The second-order valence-electron chi connectivity index (χ2n) is 5.37. The minimum absolute atomic E-state index is 0.115. The first kappa shape index (κ1) is 18.2. The molecule has 5 nitrogen and oxygen atoms in total. The van der Waals surface area contributed by atoms with Crippen LogP contribution in [0.3, 0.4) is 0 Å². The number of esters is 1. The van der Waals surface area contributed by atoms with Gasteiger partial charge in [0.2, 0.25) is 0 Å². The Morgan fingerprint density at radius 2 is 1.95 bits per heavy atom. The van der Waals surface area contributed by atoms with Crippen molar-refractivity contribution in [1.82, 2.24) is 4.90 Å². The Morgan fingerprint density at radius 3 is 2.45 bits per heavy atom. The van der Waals surface area contributed by atoms with E-state index in [1.54, 1.807) is 11.0 Å². The third-order valence-corrected chi connectivity index (χ3v) is 3.92. The third-order valence-electron chi connectivity index (χ3n) is 3.92. The Morgan fingerprint density at radius 1 is 1.27 bits per heavy atom. The summed E-state index contributed by atoms with van der Waals surface area (Å²) >= 11 is 0. The fourth-order valence-corrected chi connectivity index (χ4v) is 2.25. The summed E-state index contributed by atoms with van der Waals surface area (Å²) in [5.41, 5.74) is 2.72. The van der Waals surface area contributed by atoms with E-state index in [1.165, 1.54) is 7.11 Å². The number of carbonyl (C=O) groups excluding carboxylic acids is 2. The highest BCUT2D eigenvalue weighted by molar-refractivity contribution is 5.95. The van der Waals surface area contributed by atoms with Crippen molar-refractivity contribution >= 4 is 11.9 Å². The molecular formula is C17H25NO4. The summed E-state index contributed by atoms with van der Waals surface area (Å²) in [4.78, 5) is 25.6. The van der Waals surface area contributed by atoms with Gasteiger partial charge < -0.3 is 14.7 Å². The fraction of sp³-hybridized carbons (Fsp3) is 0.529. The van der Waals surface area contributed by atoms with Gasteiger partial charge in [0.1, 0.15) is 0 Å². The molecule has 1 N–H and O–H groups in total. The van der Waals surface area contributed by atoms with E-state index in [9.17, 15) is 14.7 Å². The Kier molecular flexibility index (Phi) is 7.05. The first-order chi connectivity index (χ1) is 10.4. The van der Waals surface area contributed by atoms with Crippen molar-refractivity contribution in [1.29, 1.82) is 0 Å². The molecule has 1 unspecified atom stereocenters. The Hall–Kier alpha value is -1.88. The van der Waals surface area contributed by atoms with Gasteiger partial charge in [0.25, 0.3) is 5.91 Å². The molecule has 0 saturated carbocycles. The highest BCUT2D eigenvalue weighted by Gasteiger charge is 2.24. The number of methoxy groups -OCH3 is 1. The number of carbonyl (C=O) groups is 2. The van der Waals surface area contributed by atoms with E-state index in [0.29, 0.717) is 12.0 Å². The average molecular weight is 307 g/mol. The molecule has 0 bridgehead atoms. The average Bonchev–Trinajstić information content (AvgIpc) is 2.53. The van der Waals surface area contributed by atoms with Crippen molar-refractivity contribution in [3.8, 4) is 0 Å². The molecule has 0 spiro atoms. The maximum atomic E-state index is 12.7. The molecule has 0 aliphatic rings. The third kappa shape index (κ3) is 4.56. The van der Waals surface area contributed by atoms with E-state index in [-0.39, 0.29) is 37.5 Å². The topological polar surface area (TPSA) is 66.8 Å². The zero-order valence-electron chi connectivity index (χ0n) is 13.8. The monoisotopic (exact) mass is 307 g/mol. The lowest BCUT2D eigenvalue weighted by molar-refractivity contribution is -0.140. The summed E-state index contributed by atoms with van der Waals surface area (Å²) in [5.74, 6) is -0.543. The highest BCUT2D eigenvalue weighted by atomic mass is 16.5. The number of hydrogen-bond donors (Lipinski definition) is 1. The van der Waals surface area contributed by atoms with Gasteiger partial charge in [-0.05, 0) is 43.5 Å². The molecule has 5 heteroatoms. The largest absolute Gasteiger partial charge is 0.469 e. The van der Waals surface area contributed by atoms with E-state index in [2.05, 4.69) is 4.74 Å². The zero-order valence-corrected chi connectivity index (χ0v) is 13.8. The molecule has 0 saturated heterocycles. The van der Waals surface area contributed by atoms with Crippen LogP contribution in [-0.2, 0) is 9.53 Å². The molecule has 122 valence electrons. The number of hydrogen-bond acceptors (Lipinski definition) is 4. The van der Waals surface area contributed by atoms with Crippen molar-refractivity contribution in [2.45, 2.75) is 39.7 Å². The van der Waals surface area contributed by atoms with Crippen LogP contribution >= 0.6 is 0 Å². The Labute approximate surface area is 131 Å². The number of benzene rings is 1. The number of amides is 1. The fourth-order valence-electron chi connectivity index (χ4n) is 2.25. The first-order valence-electron chi connectivity index (χ1n) is 7.50. The predicted octanol–water partition coefficient (Wildman–Crippen LogP) is 2.08. The second kappa shape index (κ2) is 8.54. The van der Waals surface area contributed by atoms with Crippen molar-refractivity contribution in [2.24, 2.45) is 0 Å². The maximum absolute atomic E-state index is 12.7. The highest BCUT2D eigenvalue weighted by Crippen LogP contribution is 2.15. The van der Waals surface area contributed by atoms with Crippen LogP contribution in [0.5, 0.6) is 0 Å². The first-order valence-corrected chi connectivity index (χ1v) is 7.50. The van der Waals surface area contributed by atoms with Crippen LogP contribution in [0.15, 0.2) is 18.2 Å². The smallest absolute Gasteiger partial charge is 0.307 e. The number of ether oxygens (including phenoxy) is 1. The lowest BCUT2D eigenvalue weighted by atomic mass is 10.0. The van der Waals surface area contributed by atoms with E-state index < -0.39 is 0 Å². The van der Waals surface area contributed by atoms with E-state index in [4.69, 9.17) is 0 Å². The number of nitrogens with zero attached hydrogens (tertiary/aromatic N) is 1. The Balaban J connectivity index is 2.99. The minimum atomic E-state index is -0.370. The normalized spacial score (nSPS) is 11.9. The van der Waals surface area contributed by atoms with Gasteiger partial charge in [-0.3, -0.25) is 9.59 Å². The standard InChI is InChI=1S/C17H25NO4/c1-5-15(11-19)18(9-8-16(20)22-4)17(21)14-7-6-12(2)13(3)10-14/h6-7,10,15,19H,5,8-9,11H2,1-4H3. The van der Waals surface area contributed by atoms with Gasteiger partial charge in [-0.15, -0.1) is 0 Å². The molecule has 0 fully saturated rings. The van der Waals surface area contributed by atoms with Gasteiger partial charge in [0.05, 0.1) is 26.2 Å². The molecular weight excluding hydrogens is 282 g/mol. The quantitative estimate of drug-likeness (QED) is 0.783. The summed E-state index contributed by atoms with van der Waals surface area (Å²) in [6, 6.07) is 5.21. The summed E-state index contributed by atoms with van der Waals surface area (Å²) in [6.07, 6.45) is 0.734. The summed E-state index contributed by atoms with van der Waals surface area (Å²) in [5, 5.41) is 9.50. The maximum Gasteiger partial charge on any atom is 0.307 e. The van der Waals surface area contributed by atoms with Gasteiger partial charge in [-0.1, -0.05) is 13.0 Å². The van der Waals surface area contributed by atoms with Crippen molar-refractivity contribution in [3.05, 3.63) is 34.9 Å². The van der Waals surface area contributed by atoms with Crippen LogP contribution in [0.25, 0.3) is 0 Å².